The van der Waals surface area contributed by atoms with Gasteiger partial charge < -0.3 is 15.5 Å². The van der Waals surface area contributed by atoms with E-state index in [4.69, 9.17) is 0 Å². The first-order valence-electron chi connectivity index (χ1n) is 10.9. The Morgan fingerprint density at radius 3 is 2.77 bits per heavy atom. The summed E-state index contributed by atoms with van der Waals surface area (Å²) in [5, 5.41) is 9.88. The van der Waals surface area contributed by atoms with Crippen molar-refractivity contribution in [1.29, 1.82) is 0 Å². The summed E-state index contributed by atoms with van der Waals surface area (Å²) >= 11 is 0. The molecule has 1 aromatic carbocycles. The maximum Gasteiger partial charge on any atom is 0.272 e. The molecule has 1 saturated carbocycles. The Balaban J connectivity index is 1.42. The second kappa shape index (κ2) is 8.91. The van der Waals surface area contributed by atoms with E-state index < -0.39 is 11.9 Å². The zero-order valence-electron chi connectivity index (χ0n) is 18.1. The van der Waals surface area contributed by atoms with Crippen molar-refractivity contribution in [2.24, 2.45) is 5.92 Å². The van der Waals surface area contributed by atoms with Gasteiger partial charge in [0.25, 0.3) is 11.8 Å². The Hall–Kier alpha value is -3.16. The fourth-order valence-electron chi connectivity index (χ4n) is 3.78. The van der Waals surface area contributed by atoms with E-state index in [9.17, 15) is 14.4 Å². The van der Waals surface area contributed by atoms with Gasteiger partial charge in [-0.3, -0.25) is 19.1 Å². The first kappa shape index (κ1) is 21.1. The van der Waals surface area contributed by atoms with Crippen molar-refractivity contribution in [3.8, 4) is 0 Å². The summed E-state index contributed by atoms with van der Waals surface area (Å²) in [6.45, 7) is 6.05. The lowest BCUT2D eigenvalue weighted by atomic mass is 10.1. The van der Waals surface area contributed by atoms with Gasteiger partial charge in [-0.1, -0.05) is 29.8 Å². The Labute approximate surface area is 182 Å². The first-order chi connectivity index (χ1) is 14.9. The summed E-state index contributed by atoms with van der Waals surface area (Å²) in [5.41, 5.74) is 2.79. The van der Waals surface area contributed by atoms with E-state index in [1.807, 2.05) is 25.1 Å². The smallest absolute Gasteiger partial charge is 0.272 e. The third kappa shape index (κ3) is 5.13. The third-order valence-electron chi connectivity index (χ3n) is 5.78. The number of amides is 3. The summed E-state index contributed by atoms with van der Waals surface area (Å²) in [6.07, 6.45) is 3.06. The minimum absolute atomic E-state index is 0.138. The molecule has 1 fully saturated rings. The van der Waals surface area contributed by atoms with Crippen LogP contribution in [0.15, 0.2) is 30.3 Å². The molecule has 2 N–H and O–H groups in total. The quantitative estimate of drug-likeness (QED) is 0.711. The molecule has 0 spiro atoms. The number of carbonyl (C=O) groups is 3. The number of aryl methyl sites for hydroxylation is 2. The molecule has 1 aliphatic heterocycles. The molecule has 0 saturated heterocycles. The van der Waals surface area contributed by atoms with Gasteiger partial charge in [0.15, 0.2) is 5.69 Å². The van der Waals surface area contributed by atoms with E-state index in [-0.39, 0.29) is 17.5 Å². The molecule has 1 atom stereocenters. The molecule has 0 radical (unpaired) electrons. The average Bonchev–Trinajstić information content (AvgIpc) is 3.50. The second-order valence-electron chi connectivity index (χ2n) is 8.59. The van der Waals surface area contributed by atoms with Gasteiger partial charge in [-0.15, -0.1) is 0 Å². The molecule has 1 aromatic heterocycles. The van der Waals surface area contributed by atoms with Gasteiger partial charge in [-0.25, -0.2) is 0 Å². The van der Waals surface area contributed by atoms with E-state index in [0.717, 1.165) is 30.4 Å². The van der Waals surface area contributed by atoms with Crippen LogP contribution in [0.1, 0.15) is 58.3 Å². The minimum atomic E-state index is -0.665. The van der Waals surface area contributed by atoms with Gasteiger partial charge in [0.1, 0.15) is 11.7 Å². The van der Waals surface area contributed by atoms with Crippen molar-refractivity contribution in [2.45, 2.75) is 52.2 Å². The Bertz CT molecular complexity index is 995. The Kier molecular flexibility index (Phi) is 6.06. The van der Waals surface area contributed by atoms with Crippen molar-refractivity contribution < 1.29 is 14.4 Å². The highest BCUT2D eigenvalue weighted by Crippen LogP contribution is 2.27. The molecule has 3 amide bonds. The predicted octanol–water partition coefficient (Wildman–Crippen LogP) is 1.88. The lowest BCUT2D eigenvalue weighted by molar-refractivity contribution is -0.122. The fraction of sp³-hybridized carbons (Fsp3) is 0.478. The molecule has 164 valence electrons. The number of hydrogen-bond donors (Lipinski definition) is 2. The third-order valence-corrected chi connectivity index (χ3v) is 5.78. The highest BCUT2D eigenvalue weighted by molar-refractivity contribution is 5.99. The van der Waals surface area contributed by atoms with E-state index in [2.05, 4.69) is 21.8 Å². The highest BCUT2D eigenvalue weighted by atomic mass is 16.2. The van der Waals surface area contributed by atoms with Gasteiger partial charge in [-0.05, 0) is 44.6 Å². The van der Waals surface area contributed by atoms with E-state index >= 15 is 0 Å². The lowest BCUT2D eigenvalue weighted by Gasteiger charge is -2.20. The molecule has 2 heterocycles. The van der Waals surface area contributed by atoms with Crippen LogP contribution in [0.2, 0.25) is 0 Å². The van der Waals surface area contributed by atoms with Gasteiger partial charge in [-0.2, -0.15) is 5.10 Å². The summed E-state index contributed by atoms with van der Waals surface area (Å²) in [4.78, 5) is 39.7. The van der Waals surface area contributed by atoms with E-state index in [1.54, 1.807) is 16.5 Å². The SMILES string of the molecule is Cc1cccc(CN2CCCn3nc(C(=O)N[C@H](C)C(=O)NCC4CC4)cc3C2=O)c1. The molecular formula is C23H29N5O3. The molecule has 0 bridgehead atoms. The van der Waals surface area contributed by atoms with Crippen molar-refractivity contribution in [2.75, 3.05) is 13.1 Å². The molecule has 1 aliphatic carbocycles. The maximum atomic E-state index is 13.1. The molecule has 2 aliphatic rings. The Morgan fingerprint density at radius 1 is 1.23 bits per heavy atom. The standard InChI is InChI=1S/C23H29N5O3/c1-15-5-3-6-18(11-15)14-27-9-4-10-28-20(23(27)31)12-19(26-28)22(30)25-16(2)21(29)24-13-17-7-8-17/h3,5-6,11-12,16-17H,4,7-10,13-14H2,1-2H3,(H,24,29)(H,25,30)/t16-/m1/s1. The second-order valence-corrected chi connectivity index (χ2v) is 8.59. The van der Waals surface area contributed by atoms with Gasteiger partial charge in [0.2, 0.25) is 5.91 Å². The molecule has 31 heavy (non-hydrogen) atoms. The van der Waals surface area contributed by atoms with Gasteiger partial charge in [0.05, 0.1) is 0 Å². The van der Waals surface area contributed by atoms with Gasteiger partial charge >= 0.3 is 0 Å². The molecule has 0 unspecified atom stereocenters. The van der Waals surface area contributed by atoms with Crippen LogP contribution >= 0.6 is 0 Å². The largest absolute Gasteiger partial charge is 0.354 e. The van der Waals surface area contributed by atoms with E-state index in [1.165, 1.54) is 6.07 Å². The maximum absolute atomic E-state index is 13.1. The number of hydrogen-bond acceptors (Lipinski definition) is 4. The first-order valence-corrected chi connectivity index (χ1v) is 10.9. The van der Waals surface area contributed by atoms with Crippen molar-refractivity contribution in [1.82, 2.24) is 25.3 Å². The van der Waals surface area contributed by atoms with Crippen molar-refractivity contribution in [3.05, 3.63) is 52.8 Å². The summed E-state index contributed by atoms with van der Waals surface area (Å²) < 4.78 is 1.60. The van der Waals surface area contributed by atoms with Crippen LogP contribution < -0.4 is 10.6 Å². The van der Waals surface area contributed by atoms with Crippen LogP contribution in [-0.2, 0) is 17.9 Å². The Morgan fingerprint density at radius 2 is 2.03 bits per heavy atom. The molecule has 4 rings (SSSR count). The number of benzene rings is 1. The number of nitrogens with zero attached hydrogens (tertiary/aromatic N) is 3. The predicted molar refractivity (Wildman–Crippen MR) is 115 cm³/mol. The molecule has 2 aromatic rings. The van der Waals surface area contributed by atoms with Crippen LogP contribution in [0.4, 0.5) is 0 Å². The number of fused-ring (bicyclic) bond motifs is 1. The lowest BCUT2D eigenvalue weighted by Crippen LogP contribution is -2.45. The summed E-state index contributed by atoms with van der Waals surface area (Å²) in [5.74, 6) is -0.223. The number of rotatable bonds is 7. The molecule has 8 heteroatoms. The topological polar surface area (TPSA) is 96.3 Å². The number of carbonyl (C=O) groups excluding carboxylic acids is 3. The van der Waals surface area contributed by atoms with Crippen LogP contribution in [0.3, 0.4) is 0 Å². The van der Waals surface area contributed by atoms with Gasteiger partial charge in [0, 0.05) is 32.2 Å². The zero-order valence-corrected chi connectivity index (χ0v) is 18.1. The highest BCUT2D eigenvalue weighted by Gasteiger charge is 2.28. The van der Waals surface area contributed by atoms with Crippen LogP contribution in [0, 0.1) is 12.8 Å². The fourth-order valence-corrected chi connectivity index (χ4v) is 3.78. The monoisotopic (exact) mass is 423 g/mol. The number of aromatic nitrogens is 2. The van der Waals surface area contributed by atoms with E-state index in [0.29, 0.717) is 37.8 Å². The zero-order chi connectivity index (χ0) is 22.0. The minimum Gasteiger partial charge on any atom is -0.354 e. The van der Waals surface area contributed by atoms with Crippen LogP contribution in [0.25, 0.3) is 0 Å². The number of nitrogens with one attached hydrogen (secondary N) is 2. The molecule has 8 nitrogen and oxygen atoms in total. The van der Waals surface area contributed by atoms with Crippen molar-refractivity contribution in [3.63, 3.8) is 0 Å². The average molecular weight is 424 g/mol. The summed E-state index contributed by atoms with van der Waals surface area (Å²) in [7, 11) is 0. The van der Waals surface area contributed by atoms with Crippen molar-refractivity contribution >= 4 is 17.7 Å². The van der Waals surface area contributed by atoms with Crippen LogP contribution in [0.5, 0.6) is 0 Å². The van der Waals surface area contributed by atoms with Crippen LogP contribution in [-0.4, -0.2) is 51.5 Å². The summed E-state index contributed by atoms with van der Waals surface area (Å²) in [6, 6.07) is 8.96. The molecular weight excluding hydrogens is 394 g/mol. The normalized spacial score (nSPS) is 17.0.